The van der Waals surface area contributed by atoms with Gasteiger partial charge in [0.15, 0.2) is 0 Å². The van der Waals surface area contributed by atoms with Crippen molar-refractivity contribution in [3.63, 3.8) is 0 Å². The van der Waals surface area contributed by atoms with Crippen LogP contribution in [-0.2, 0) is 13.6 Å². The summed E-state index contributed by atoms with van der Waals surface area (Å²) < 4.78 is 1.88. The van der Waals surface area contributed by atoms with Crippen LogP contribution in [-0.4, -0.2) is 56.4 Å². The first-order chi connectivity index (χ1) is 10.1. The second-order valence-electron chi connectivity index (χ2n) is 5.59. The standard InChI is InChI=1S/C15H21N5O/c1-12-10-16-14(17-12)11-19-6-8-20(9-7-19)15(21)13-4-3-5-18(13)2/h3-5,10H,6-9,11H2,1-2H3,(H,16,17). The van der Waals surface area contributed by atoms with E-state index in [1.165, 1.54) is 0 Å². The summed E-state index contributed by atoms with van der Waals surface area (Å²) in [6, 6.07) is 3.78. The Hall–Kier alpha value is -2.08. The number of hydrogen-bond acceptors (Lipinski definition) is 3. The average molecular weight is 287 g/mol. The molecule has 2 aromatic rings. The van der Waals surface area contributed by atoms with Crippen LogP contribution in [0.5, 0.6) is 0 Å². The van der Waals surface area contributed by atoms with E-state index >= 15 is 0 Å². The Kier molecular flexibility index (Phi) is 3.79. The van der Waals surface area contributed by atoms with Gasteiger partial charge in [-0.05, 0) is 19.1 Å². The van der Waals surface area contributed by atoms with Gasteiger partial charge in [0, 0.05) is 51.3 Å². The van der Waals surface area contributed by atoms with Crippen molar-refractivity contribution in [3.05, 3.63) is 41.7 Å². The van der Waals surface area contributed by atoms with Gasteiger partial charge in [-0.15, -0.1) is 0 Å². The summed E-state index contributed by atoms with van der Waals surface area (Å²) >= 11 is 0. The van der Waals surface area contributed by atoms with Crippen LogP contribution in [0.3, 0.4) is 0 Å². The van der Waals surface area contributed by atoms with Crippen LogP contribution < -0.4 is 0 Å². The lowest BCUT2D eigenvalue weighted by atomic mass is 10.2. The second-order valence-corrected chi connectivity index (χ2v) is 5.59. The minimum atomic E-state index is 0.121. The van der Waals surface area contributed by atoms with E-state index in [0.717, 1.165) is 49.9 Å². The number of imidazole rings is 1. The molecular formula is C15H21N5O. The van der Waals surface area contributed by atoms with E-state index in [-0.39, 0.29) is 5.91 Å². The Labute approximate surface area is 124 Å². The number of amides is 1. The van der Waals surface area contributed by atoms with Crippen LogP contribution in [0.2, 0.25) is 0 Å². The molecule has 1 aliphatic rings. The van der Waals surface area contributed by atoms with Crippen molar-refractivity contribution in [2.24, 2.45) is 7.05 Å². The molecule has 0 spiro atoms. The fourth-order valence-corrected chi connectivity index (χ4v) is 2.71. The number of aromatic nitrogens is 3. The molecule has 0 radical (unpaired) electrons. The highest BCUT2D eigenvalue weighted by Gasteiger charge is 2.23. The predicted octanol–water partition coefficient (Wildman–Crippen LogP) is 1.01. The molecule has 0 atom stereocenters. The van der Waals surface area contributed by atoms with E-state index in [0.29, 0.717) is 0 Å². The molecule has 0 saturated carbocycles. The lowest BCUT2D eigenvalue weighted by Gasteiger charge is -2.34. The zero-order valence-corrected chi connectivity index (χ0v) is 12.5. The molecule has 0 aliphatic carbocycles. The van der Waals surface area contributed by atoms with Gasteiger partial charge in [0.05, 0.1) is 6.54 Å². The fourth-order valence-electron chi connectivity index (χ4n) is 2.71. The van der Waals surface area contributed by atoms with Gasteiger partial charge in [-0.25, -0.2) is 4.98 Å². The molecule has 1 amide bonds. The fraction of sp³-hybridized carbons (Fsp3) is 0.467. The Morgan fingerprint density at radius 2 is 2.10 bits per heavy atom. The maximum Gasteiger partial charge on any atom is 0.270 e. The second kappa shape index (κ2) is 5.73. The smallest absolute Gasteiger partial charge is 0.270 e. The number of rotatable bonds is 3. The van der Waals surface area contributed by atoms with E-state index in [1.807, 2.05) is 48.0 Å². The molecule has 2 aromatic heterocycles. The van der Waals surface area contributed by atoms with Crippen LogP contribution in [0.4, 0.5) is 0 Å². The Balaban J connectivity index is 1.55. The number of aryl methyl sites for hydroxylation is 2. The molecule has 6 nitrogen and oxygen atoms in total. The van der Waals surface area contributed by atoms with E-state index in [1.54, 1.807) is 0 Å². The summed E-state index contributed by atoms with van der Waals surface area (Å²) in [6.45, 7) is 6.13. The van der Waals surface area contributed by atoms with Crippen LogP contribution in [0, 0.1) is 6.92 Å². The van der Waals surface area contributed by atoms with Crippen molar-refractivity contribution in [1.29, 1.82) is 0 Å². The first-order valence-corrected chi connectivity index (χ1v) is 7.27. The highest BCUT2D eigenvalue weighted by atomic mass is 16.2. The molecule has 1 saturated heterocycles. The third-order valence-corrected chi connectivity index (χ3v) is 3.95. The molecule has 1 N–H and O–H groups in total. The molecule has 3 rings (SSSR count). The quantitative estimate of drug-likeness (QED) is 0.917. The number of aromatic amines is 1. The summed E-state index contributed by atoms with van der Waals surface area (Å²) in [4.78, 5) is 24.3. The third-order valence-electron chi connectivity index (χ3n) is 3.95. The molecule has 0 bridgehead atoms. The van der Waals surface area contributed by atoms with E-state index in [2.05, 4.69) is 14.9 Å². The van der Waals surface area contributed by atoms with Crippen molar-refractivity contribution in [1.82, 2.24) is 24.3 Å². The lowest BCUT2D eigenvalue weighted by Crippen LogP contribution is -2.48. The minimum absolute atomic E-state index is 0.121. The normalized spacial score (nSPS) is 16.4. The highest BCUT2D eigenvalue weighted by molar-refractivity contribution is 5.92. The minimum Gasteiger partial charge on any atom is -0.347 e. The van der Waals surface area contributed by atoms with Crippen molar-refractivity contribution >= 4 is 5.91 Å². The maximum atomic E-state index is 12.4. The number of H-pyrrole nitrogens is 1. The van der Waals surface area contributed by atoms with Gasteiger partial charge in [0.1, 0.15) is 11.5 Å². The Morgan fingerprint density at radius 1 is 1.33 bits per heavy atom. The molecular weight excluding hydrogens is 266 g/mol. The van der Waals surface area contributed by atoms with Crippen molar-refractivity contribution in [2.75, 3.05) is 26.2 Å². The largest absolute Gasteiger partial charge is 0.347 e. The molecule has 112 valence electrons. The van der Waals surface area contributed by atoms with Crippen LogP contribution in [0.15, 0.2) is 24.5 Å². The predicted molar refractivity (Wildman–Crippen MR) is 79.9 cm³/mol. The Bertz CT molecular complexity index is 622. The number of carbonyl (C=O) groups excluding carboxylic acids is 1. The molecule has 3 heterocycles. The summed E-state index contributed by atoms with van der Waals surface area (Å²) in [5.74, 6) is 1.12. The number of nitrogens with zero attached hydrogens (tertiary/aromatic N) is 4. The average Bonchev–Trinajstić information content (AvgIpc) is 3.08. The SMILES string of the molecule is Cc1cnc(CN2CCN(C(=O)c3cccn3C)CC2)[nH]1. The Morgan fingerprint density at radius 3 is 2.67 bits per heavy atom. The molecule has 6 heteroatoms. The van der Waals surface area contributed by atoms with Gasteiger partial charge in [-0.2, -0.15) is 0 Å². The zero-order valence-electron chi connectivity index (χ0n) is 12.5. The zero-order chi connectivity index (χ0) is 14.8. The van der Waals surface area contributed by atoms with Gasteiger partial charge < -0.3 is 14.5 Å². The maximum absolute atomic E-state index is 12.4. The van der Waals surface area contributed by atoms with Gasteiger partial charge in [-0.1, -0.05) is 0 Å². The molecule has 0 aromatic carbocycles. The topological polar surface area (TPSA) is 57.2 Å². The van der Waals surface area contributed by atoms with Gasteiger partial charge in [0.25, 0.3) is 5.91 Å². The first-order valence-electron chi connectivity index (χ1n) is 7.27. The lowest BCUT2D eigenvalue weighted by molar-refractivity contribution is 0.0616. The van der Waals surface area contributed by atoms with Gasteiger partial charge >= 0.3 is 0 Å². The van der Waals surface area contributed by atoms with Gasteiger partial charge in [0.2, 0.25) is 0 Å². The van der Waals surface area contributed by atoms with E-state index in [4.69, 9.17) is 0 Å². The molecule has 1 fully saturated rings. The molecule has 1 aliphatic heterocycles. The van der Waals surface area contributed by atoms with Crippen molar-refractivity contribution in [3.8, 4) is 0 Å². The monoisotopic (exact) mass is 287 g/mol. The summed E-state index contributed by atoms with van der Waals surface area (Å²) in [7, 11) is 1.91. The van der Waals surface area contributed by atoms with Crippen molar-refractivity contribution < 1.29 is 4.79 Å². The highest BCUT2D eigenvalue weighted by Crippen LogP contribution is 2.10. The molecule has 0 unspecified atom stereocenters. The molecule has 21 heavy (non-hydrogen) atoms. The van der Waals surface area contributed by atoms with Gasteiger partial charge in [-0.3, -0.25) is 9.69 Å². The van der Waals surface area contributed by atoms with E-state index < -0.39 is 0 Å². The van der Waals surface area contributed by atoms with Crippen molar-refractivity contribution in [2.45, 2.75) is 13.5 Å². The third kappa shape index (κ3) is 3.00. The summed E-state index contributed by atoms with van der Waals surface area (Å²) in [5.41, 5.74) is 1.84. The van der Waals surface area contributed by atoms with E-state index in [9.17, 15) is 4.79 Å². The van der Waals surface area contributed by atoms with Crippen LogP contribution in [0.25, 0.3) is 0 Å². The number of nitrogens with one attached hydrogen (secondary N) is 1. The number of hydrogen-bond donors (Lipinski definition) is 1. The summed E-state index contributed by atoms with van der Waals surface area (Å²) in [6.07, 6.45) is 3.76. The number of carbonyl (C=O) groups is 1. The van der Waals surface area contributed by atoms with Crippen LogP contribution in [0.1, 0.15) is 22.0 Å². The number of piperazine rings is 1. The summed E-state index contributed by atoms with van der Waals surface area (Å²) in [5, 5.41) is 0. The first kappa shape index (κ1) is 13.9. The van der Waals surface area contributed by atoms with Crippen LogP contribution >= 0.6 is 0 Å².